The predicted octanol–water partition coefficient (Wildman–Crippen LogP) is 3.88. The van der Waals surface area contributed by atoms with Crippen molar-refractivity contribution in [2.24, 2.45) is 0 Å². The molecule has 3 N–H and O–H groups in total. The van der Waals surface area contributed by atoms with Gasteiger partial charge in [-0.15, -0.1) is 0 Å². The van der Waals surface area contributed by atoms with E-state index in [1.807, 2.05) is 19.9 Å². The Kier molecular flexibility index (Phi) is 4.70. The molecule has 0 saturated carbocycles. The third kappa shape index (κ3) is 3.47. The molecule has 0 bridgehead atoms. The van der Waals surface area contributed by atoms with Crippen molar-refractivity contribution < 1.29 is 9.53 Å². The summed E-state index contributed by atoms with van der Waals surface area (Å²) >= 11 is 5.96. The molecular weight excluding hydrogens is 288 g/mol. The second-order valence-electron chi connectivity index (χ2n) is 4.57. The zero-order chi connectivity index (χ0) is 15.4. The maximum absolute atomic E-state index is 12.4. The molecule has 5 heteroatoms. The standard InChI is InChI=1S/C16H17ClN2O2/c1-3-21-15-12(5-4-6-13(15)18)16(20)19-14-9-11(17)8-7-10(14)2/h4-9H,3,18H2,1-2H3,(H,19,20). The molecular formula is C16H17ClN2O2. The van der Waals surface area contributed by atoms with E-state index in [0.29, 0.717) is 34.3 Å². The van der Waals surface area contributed by atoms with Crippen molar-refractivity contribution in [2.75, 3.05) is 17.7 Å². The van der Waals surface area contributed by atoms with Crippen LogP contribution in [0, 0.1) is 6.92 Å². The number of nitrogen functional groups attached to an aromatic ring is 1. The molecule has 0 saturated heterocycles. The summed E-state index contributed by atoms with van der Waals surface area (Å²) in [4.78, 5) is 12.4. The van der Waals surface area contributed by atoms with Crippen LogP contribution in [0.25, 0.3) is 0 Å². The second kappa shape index (κ2) is 6.50. The molecule has 0 radical (unpaired) electrons. The maximum Gasteiger partial charge on any atom is 0.259 e. The summed E-state index contributed by atoms with van der Waals surface area (Å²) in [6.45, 7) is 4.18. The number of anilines is 2. The highest BCUT2D eigenvalue weighted by molar-refractivity contribution is 6.31. The van der Waals surface area contributed by atoms with Crippen LogP contribution < -0.4 is 15.8 Å². The summed E-state index contributed by atoms with van der Waals surface area (Å²) in [6.07, 6.45) is 0. The van der Waals surface area contributed by atoms with Crippen LogP contribution >= 0.6 is 11.6 Å². The molecule has 2 rings (SSSR count). The molecule has 2 aromatic carbocycles. The van der Waals surface area contributed by atoms with Crippen LogP contribution in [0.5, 0.6) is 5.75 Å². The first-order chi connectivity index (χ1) is 10.0. The Morgan fingerprint density at radius 1 is 1.33 bits per heavy atom. The first-order valence-corrected chi connectivity index (χ1v) is 6.99. The highest BCUT2D eigenvalue weighted by atomic mass is 35.5. The van der Waals surface area contributed by atoms with Gasteiger partial charge in [0, 0.05) is 10.7 Å². The number of benzene rings is 2. The molecule has 0 aliphatic carbocycles. The topological polar surface area (TPSA) is 64.3 Å². The number of rotatable bonds is 4. The number of halogens is 1. The summed E-state index contributed by atoms with van der Waals surface area (Å²) in [5.41, 5.74) is 8.29. The van der Waals surface area contributed by atoms with Crippen molar-refractivity contribution in [3.63, 3.8) is 0 Å². The molecule has 2 aromatic rings. The Morgan fingerprint density at radius 2 is 2.10 bits per heavy atom. The Labute approximate surface area is 128 Å². The van der Waals surface area contributed by atoms with Crippen molar-refractivity contribution in [3.05, 3.63) is 52.5 Å². The largest absolute Gasteiger partial charge is 0.491 e. The van der Waals surface area contributed by atoms with Crippen LogP contribution in [0.1, 0.15) is 22.8 Å². The van der Waals surface area contributed by atoms with Gasteiger partial charge in [0.15, 0.2) is 5.75 Å². The van der Waals surface area contributed by atoms with E-state index in [0.717, 1.165) is 5.56 Å². The molecule has 0 aliphatic rings. The zero-order valence-electron chi connectivity index (χ0n) is 11.9. The molecule has 0 unspecified atom stereocenters. The minimum Gasteiger partial charge on any atom is -0.491 e. The number of nitrogens with one attached hydrogen (secondary N) is 1. The van der Waals surface area contributed by atoms with E-state index in [-0.39, 0.29) is 5.91 Å². The van der Waals surface area contributed by atoms with Crippen LogP contribution in [-0.2, 0) is 0 Å². The van der Waals surface area contributed by atoms with Gasteiger partial charge in [0.2, 0.25) is 0 Å². The predicted molar refractivity (Wildman–Crippen MR) is 86.2 cm³/mol. The fourth-order valence-electron chi connectivity index (χ4n) is 1.96. The van der Waals surface area contributed by atoms with Gasteiger partial charge in [-0.05, 0) is 43.7 Å². The third-order valence-corrected chi connectivity index (χ3v) is 3.26. The first-order valence-electron chi connectivity index (χ1n) is 6.61. The zero-order valence-corrected chi connectivity index (χ0v) is 12.7. The summed E-state index contributed by atoms with van der Waals surface area (Å²) in [7, 11) is 0. The Bertz CT molecular complexity index is 671. The van der Waals surface area contributed by atoms with Crippen molar-refractivity contribution in [2.45, 2.75) is 13.8 Å². The number of amides is 1. The first kappa shape index (κ1) is 15.2. The highest BCUT2D eigenvalue weighted by Crippen LogP contribution is 2.28. The molecule has 110 valence electrons. The van der Waals surface area contributed by atoms with Gasteiger partial charge >= 0.3 is 0 Å². The maximum atomic E-state index is 12.4. The van der Waals surface area contributed by atoms with Gasteiger partial charge in [0.25, 0.3) is 5.91 Å². The lowest BCUT2D eigenvalue weighted by Crippen LogP contribution is -2.15. The fourth-order valence-corrected chi connectivity index (χ4v) is 2.13. The van der Waals surface area contributed by atoms with Crippen LogP contribution in [0.4, 0.5) is 11.4 Å². The van der Waals surface area contributed by atoms with Gasteiger partial charge in [0.1, 0.15) is 0 Å². The number of aryl methyl sites for hydroxylation is 1. The normalized spacial score (nSPS) is 10.2. The monoisotopic (exact) mass is 304 g/mol. The molecule has 0 fully saturated rings. The van der Waals surface area contributed by atoms with Gasteiger partial charge in [0.05, 0.1) is 17.9 Å². The van der Waals surface area contributed by atoms with Gasteiger partial charge in [-0.25, -0.2) is 0 Å². The smallest absolute Gasteiger partial charge is 0.259 e. The average Bonchev–Trinajstić information content (AvgIpc) is 2.45. The van der Waals surface area contributed by atoms with Crippen molar-refractivity contribution in [1.82, 2.24) is 0 Å². The summed E-state index contributed by atoms with van der Waals surface area (Å²) in [6, 6.07) is 10.4. The lowest BCUT2D eigenvalue weighted by Gasteiger charge is -2.13. The van der Waals surface area contributed by atoms with Crippen molar-refractivity contribution in [1.29, 1.82) is 0 Å². The molecule has 1 amide bonds. The quantitative estimate of drug-likeness (QED) is 0.842. The number of carbonyl (C=O) groups is 1. The van der Waals surface area contributed by atoms with Crippen molar-refractivity contribution >= 4 is 28.9 Å². The van der Waals surface area contributed by atoms with Gasteiger partial charge in [-0.2, -0.15) is 0 Å². The van der Waals surface area contributed by atoms with E-state index >= 15 is 0 Å². The van der Waals surface area contributed by atoms with Crippen LogP contribution in [0.2, 0.25) is 5.02 Å². The Balaban J connectivity index is 2.32. The fraction of sp³-hybridized carbons (Fsp3) is 0.188. The van der Waals surface area contributed by atoms with Crippen molar-refractivity contribution in [3.8, 4) is 5.75 Å². The van der Waals surface area contributed by atoms with E-state index in [9.17, 15) is 4.79 Å². The number of carbonyl (C=O) groups excluding carboxylic acids is 1. The number of ether oxygens (including phenoxy) is 1. The minimum atomic E-state index is -0.281. The van der Waals surface area contributed by atoms with E-state index in [1.165, 1.54) is 0 Å². The minimum absolute atomic E-state index is 0.281. The molecule has 21 heavy (non-hydrogen) atoms. The molecule has 4 nitrogen and oxygen atoms in total. The number of hydrogen-bond donors (Lipinski definition) is 2. The second-order valence-corrected chi connectivity index (χ2v) is 5.01. The van der Waals surface area contributed by atoms with Gasteiger partial charge in [-0.3, -0.25) is 4.79 Å². The Hall–Kier alpha value is -2.20. The van der Waals surface area contributed by atoms with E-state index in [1.54, 1.807) is 30.3 Å². The summed E-state index contributed by atoms with van der Waals surface area (Å²) in [5.74, 6) is 0.119. The number of hydrogen-bond acceptors (Lipinski definition) is 3. The number of nitrogens with two attached hydrogens (primary N) is 1. The highest BCUT2D eigenvalue weighted by Gasteiger charge is 2.15. The lowest BCUT2D eigenvalue weighted by atomic mass is 10.1. The third-order valence-electron chi connectivity index (χ3n) is 3.03. The summed E-state index contributed by atoms with van der Waals surface area (Å²) in [5, 5.41) is 3.40. The lowest BCUT2D eigenvalue weighted by molar-refractivity contribution is 0.102. The van der Waals surface area contributed by atoms with Crippen LogP contribution in [0.15, 0.2) is 36.4 Å². The molecule has 0 spiro atoms. The molecule has 0 heterocycles. The SMILES string of the molecule is CCOc1c(N)cccc1C(=O)Nc1cc(Cl)ccc1C. The van der Waals surface area contributed by atoms with Gasteiger partial charge in [-0.1, -0.05) is 23.7 Å². The van der Waals surface area contributed by atoms with E-state index < -0.39 is 0 Å². The van der Waals surface area contributed by atoms with E-state index in [4.69, 9.17) is 22.1 Å². The average molecular weight is 305 g/mol. The van der Waals surface area contributed by atoms with E-state index in [2.05, 4.69) is 5.32 Å². The van der Waals surface area contributed by atoms with Crippen LogP contribution in [-0.4, -0.2) is 12.5 Å². The number of para-hydroxylation sites is 1. The van der Waals surface area contributed by atoms with Crippen LogP contribution in [0.3, 0.4) is 0 Å². The molecule has 0 atom stereocenters. The van der Waals surface area contributed by atoms with Gasteiger partial charge < -0.3 is 15.8 Å². The summed E-state index contributed by atoms with van der Waals surface area (Å²) < 4.78 is 5.47. The molecule has 0 aromatic heterocycles. The molecule has 0 aliphatic heterocycles. The Morgan fingerprint density at radius 3 is 2.81 bits per heavy atom.